The van der Waals surface area contributed by atoms with Crippen LogP contribution in [-0.4, -0.2) is 83.0 Å². The number of aromatic nitrogens is 2. The highest BCUT2D eigenvalue weighted by Crippen LogP contribution is 2.28. The molecule has 10 nitrogen and oxygen atoms in total. The first-order valence-corrected chi connectivity index (χ1v) is 7.07. The van der Waals surface area contributed by atoms with Gasteiger partial charge in [-0.3, -0.25) is 0 Å². The van der Waals surface area contributed by atoms with Gasteiger partial charge in [-0.2, -0.15) is 5.26 Å². The van der Waals surface area contributed by atoms with E-state index in [1.165, 1.54) is 9.80 Å². The first kappa shape index (κ1) is 19.5. The van der Waals surface area contributed by atoms with Gasteiger partial charge >= 0.3 is 5.82 Å². The van der Waals surface area contributed by atoms with Crippen LogP contribution in [0.4, 0.5) is 17.5 Å². The van der Waals surface area contributed by atoms with Crippen molar-refractivity contribution in [3.05, 3.63) is 17.1 Å². The standard InChI is InChI=1S/C14H20N6O4/c1-16-12-14(20(3)6-10(24)8-22)17-11(4-15)13(18-12)19(2)5-9(23)7-21/h9-10,21-24H,5-8H2,2-3H3. The minimum atomic E-state index is -1.03. The van der Waals surface area contributed by atoms with Gasteiger partial charge < -0.3 is 35.1 Å². The fourth-order valence-corrected chi connectivity index (χ4v) is 2.00. The van der Waals surface area contributed by atoms with E-state index in [2.05, 4.69) is 14.8 Å². The highest BCUT2D eigenvalue weighted by molar-refractivity contribution is 5.67. The number of hydrogen-bond donors (Lipinski definition) is 4. The van der Waals surface area contributed by atoms with Crippen molar-refractivity contribution in [1.82, 2.24) is 9.97 Å². The van der Waals surface area contributed by atoms with Crippen LogP contribution < -0.4 is 9.80 Å². The molecule has 0 amide bonds. The first-order valence-electron chi connectivity index (χ1n) is 7.07. The van der Waals surface area contributed by atoms with Gasteiger partial charge in [0, 0.05) is 27.2 Å². The number of anilines is 2. The summed E-state index contributed by atoms with van der Waals surface area (Å²) < 4.78 is 0. The number of nitriles is 1. The Morgan fingerprint density at radius 3 is 2.00 bits per heavy atom. The van der Waals surface area contributed by atoms with Gasteiger partial charge in [-0.05, 0) is 0 Å². The van der Waals surface area contributed by atoms with E-state index in [1.54, 1.807) is 14.1 Å². The van der Waals surface area contributed by atoms with Crippen LogP contribution in [0.2, 0.25) is 0 Å². The molecule has 24 heavy (non-hydrogen) atoms. The van der Waals surface area contributed by atoms with Gasteiger partial charge in [0.1, 0.15) is 6.07 Å². The normalized spacial score (nSPS) is 12.8. The van der Waals surface area contributed by atoms with E-state index in [9.17, 15) is 15.5 Å². The average Bonchev–Trinajstić information content (AvgIpc) is 2.59. The van der Waals surface area contributed by atoms with E-state index < -0.39 is 25.4 Å². The summed E-state index contributed by atoms with van der Waals surface area (Å²) in [6.07, 6.45) is -2.05. The van der Waals surface area contributed by atoms with Crippen LogP contribution in [0.3, 0.4) is 0 Å². The first-order chi connectivity index (χ1) is 11.4. The van der Waals surface area contributed by atoms with E-state index in [0.717, 1.165) is 0 Å². The van der Waals surface area contributed by atoms with Gasteiger partial charge in [0.2, 0.25) is 5.69 Å². The lowest BCUT2D eigenvalue weighted by Gasteiger charge is -2.23. The monoisotopic (exact) mass is 336 g/mol. The third-order valence-electron chi connectivity index (χ3n) is 3.17. The third-order valence-corrected chi connectivity index (χ3v) is 3.17. The summed E-state index contributed by atoms with van der Waals surface area (Å²) in [5.74, 6) is 0.131. The maximum atomic E-state index is 9.51. The fraction of sp³-hybridized carbons (Fsp3) is 0.571. The maximum Gasteiger partial charge on any atom is 0.314 e. The van der Waals surface area contributed by atoms with Crippen molar-refractivity contribution < 1.29 is 20.4 Å². The molecule has 0 aliphatic rings. The Hall–Kier alpha value is -2.50. The lowest BCUT2D eigenvalue weighted by Crippen LogP contribution is -2.34. The highest BCUT2D eigenvalue weighted by Gasteiger charge is 2.23. The average molecular weight is 336 g/mol. The molecule has 0 fully saturated rings. The SMILES string of the molecule is [C-]#[N+]c1nc(N(C)CC(O)CO)c(C#N)nc1N(C)CC(O)CO. The van der Waals surface area contributed by atoms with Gasteiger partial charge in [-0.25, -0.2) is 4.98 Å². The van der Waals surface area contributed by atoms with Crippen LogP contribution in [0.5, 0.6) is 0 Å². The Balaban J connectivity index is 3.23. The summed E-state index contributed by atoms with van der Waals surface area (Å²) in [6.45, 7) is 6.36. The Bertz CT molecular complexity index is 586. The summed E-state index contributed by atoms with van der Waals surface area (Å²) in [6, 6.07) is 1.88. The fourth-order valence-electron chi connectivity index (χ4n) is 2.00. The zero-order valence-corrected chi connectivity index (χ0v) is 13.5. The van der Waals surface area contributed by atoms with Crippen molar-refractivity contribution in [3.63, 3.8) is 0 Å². The van der Waals surface area contributed by atoms with Crippen LogP contribution in [0.25, 0.3) is 4.85 Å². The van der Waals surface area contributed by atoms with Crippen molar-refractivity contribution >= 4 is 17.5 Å². The van der Waals surface area contributed by atoms with Crippen LogP contribution in [0.15, 0.2) is 0 Å². The summed E-state index contributed by atoms with van der Waals surface area (Å²) in [5, 5.41) is 46.1. The summed E-state index contributed by atoms with van der Waals surface area (Å²) in [7, 11) is 3.11. The molecule has 1 aromatic rings. The van der Waals surface area contributed by atoms with Crippen molar-refractivity contribution in [3.8, 4) is 6.07 Å². The molecule has 4 N–H and O–H groups in total. The van der Waals surface area contributed by atoms with E-state index in [0.29, 0.717) is 0 Å². The minimum Gasteiger partial charge on any atom is -0.394 e. The number of likely N-dealkylation sites (N-methyl/N-ethyl adjacent to an activating group) is 2. The summed E-state index contributed by atoms with van der Waals surface area (Å²) >= 11 is 0. The molecular formula is C14H20N6O4. The van der Waals surface area contributed by atoms with Gasteiger partial charge in [0.25, 0.3) is 5.82 Å². The third kappa shape index (κ3) is 4.75. The topological polar surface area (TPSA) is 141 Å². The molecule has 0 bridgehead atoms. The zero-order valence-electron chi connectivity index (χ0n) is 13.5. The molecule has 0 aromatic carbocycles. The van der Waals surface area contributed by atoms with Gasteiger partial charge in [0.05, 0.1) is 25.4 Å². The molecule has 2 unspecified atom stereocenters. The minimum absolute atomic E-state index is 0.00964. The zero-order chi connectivity index (χ0) is 18.3. The van der Waals surface area contributed by atoms with Crippen LogP contribution in [0.1, 0.15) is 5.69 Å². The molecule has 10 heteroatoms. The Labute approximate surface area is 139 Å². The second-order valence-electron chi connectivity index (χ2n) is 5.20. The van der Waals surface area contributed by atoms with Crippen LogP contribution in [0, 0.1) is 17.9 Å². The quantitative estimate of drug-likeness (QED) is 0.416. The molecule has 0 saturated carbocycles. The lowest BCUT2D eigenvalue weighted by atomic mass is 10.3. The molecule has 2 atom stereocenters. The molecular weight excluding hydrogens is 316 g/mol. The Morgan fingerprint density at radius 2 is 1.58 bits per heavy atom. The molecule has 0 aliphatic heterocycles. The smallest absolute Gasteiger partial charge is 0.314 e. The number of hydrogen-bond acceptors (Lipinski definition) is 9. The maximum absolute atomic E-state index is 9.51. The summed E-state index contributed by atoms with van der Waals surface area (Å²) in [5.41, 5.74) is -0.0598. The molecule has 1 aromatic heterocycles. The van der Waals surface area contributed by atoms with Crippen molar-refractivity contribution in [2.24, 2.45) is 0 Å². The molecule has 130 valence electrons. The predicted molar refractivity (Wildman–Crippen MR) is 85.7 cm³/mol. The molecule has 1 heterocycles. The Morgan fingerprint density at radius 1 is 1.08 bits per heavy atom. The van der Waals surface area contributed by atoms with E-state index >= 15 is 0 Å². The molecule has 0 radical (unpaired) electrons. The van der Waals surface area contributed by atoms with Gasteiger partial charge in [0.15, 0.2) is 5.82 Å². The summed E-state index contributed by atoms with van der Waals surface area (Å²) in [4.78, 5) is 14.4. The number of nitrogens with zero attached hydrogens (tertiary/aromatic N) is 6. The van der Waals surface area contributed by atoms with Gasteiger partial charge in [-0.15, -0.1) is 0 Å². The number of aliphatic hydroxyl groups is 4. The van der Waals surface area contributed by atoms with Gasteiger partial charge in [-0.1, -0.05) is 11.6 Å². The number of aliphatic hydroxyl groups excluding tert-OH is 4. The van der Waals surface area contributed by atoms with E-state index in [1.807, 2.05) is 6.07 Å². The van der Waals surface area contributed by atoms with Crippen LogP contribution in [-0.2, 0) is 0 Å². The van der Waals surface area contributed by atoms with Crippen molar-refractivity contribution in [1.29, 1.82) is 5.26 Å². The largest absolute Gasteiger partial charge is 0.394 e. The Kier molecular flexibility index (Phi) is 7.30. The molecule has 0 spiro atoms. The van der Waals surface area contributed by atoms with E-state index in [4.69, 9.17) is 16.8 Å². The lowest BCUT2D eigenvalue weighted by molar-refractivity contribution is 0.100. The molecule has 0 saturated heterocycles. The van der Waals surface area contributed by atoms with E-state index in [-0.39, 0.29) is 36.2 Å². The molecule has 1 rings (SSSR count). The van der Waals surface area contributed by atoms with Crippen molar-refractivity contribution in [2.75, 3.05) is 50.2 Å². The van der Waals surface area contributed by atoms with Crippen LogP contribution >= 0.6 is 0 Å². The predicted octanol–water partition coefficient (Wildman–Crippen LogP) is -1.52. The second-order valence-corrected chi connectivity index (χ2v) is 5.20. The number of rotatable bonds is 8. The second kappa shape index (κ2) is 8.96. The molecule has 0 aliphatic carbocycles. The highest BCUT2D eigenvalue weighted by atomic mass is 16.3. The van der Waals surface area contributed by atoms with Crippen molar-refractivity contribution in [2.45, 2.75) is 12.2 Å².